The van der Waals surface area contributed by atoms with Crippen LogP contribution in [0.4, 0.5) is 0 Å². The number of ketones is 1. The summed E-state index contributed by atoms with van der Waals surface area (Å²) < 4.78 is 5.16. The molecule has 0 aliphatic carbocycles. The largest absolute Gasteiger partial charge is 0.497 e. The highest BCUT2D eigenvalue weighted by atomic mass is 16.5. The Labute approximate surface area is 184 Å². The summed E-state index contributed by atoms with van der Waals surface area (Å²) in [6, 6.07) is 28.8. The van der Waals surface area contributed by atoms with E-state index in [-0.39, 0.29) is 11.8 Å². The molecule has 4 heteroatoms. The fourth-order valence-electron chi connectivity index (χ4n) is 4.05. The van der Waals surface area contributed by atoms with Crippen molar-refractivity contribution >= 4 is 5.78 Å². The normalized spacial score (nSPS) is 14.8. The molecule has 0 unspecified atom stereocenters. The van der Waals surface area contributed by atoms with Crippen LogP contribution in [0.15, 0.2) is 97.2 Å². The van der Waals surface area contributed by atoms with Crippen molar-refractivity contribution in [3.05, 3.63) is 114 Å². The van der Waals surface area contributed by atoms with Crippen LogP contribution in [0.3, 0.4) is 0 Å². The summed E-state index contributed by atoms with van der Waals surface area (Å²) in [6.07, 6.45) is 3.60. The van der Waals surface area contributed by atoms with Crippen LogP contribution in [0.2, 0.25) is 0 Å². The van der Waals surface area contributed by atoms with Crippen molar-refractivity contribution in [1.29, 1.82) is 0 Å². The van der Waals surface area contributed by atoms with Crippen LogP contribution >= 0.6 is 0 Å². The topological polar surface area (TPSA) is 32.8 Å². The first kappa shape index (κ1) is 20.9. The van der Waals surface area contributed by atoms with Gasteiger partial charge in [0.25, 0.3) is 0 Å². The van der Waals surface area contributed by atoms with Gasteiger partial charge in [0.1, 0.15) is 5.75 Å². The molecule has 0 amide bonds. The number of hydrogen-bond acceptors (Lipinski definition) is 4. The maximum atomic E-state index is 12.5. The number of piperazine rings is 1. The average Bonchev–Trinajstić information content (AvgIpc) is 2.85. The van der Waals surface area contributed by atoms with Gasteiger partial charge in [-0.3, -0.25) is 9.69 Å². The van der Waals surface area contributed by atoms with Gasteiger partial charge in [0.05, 0.1) is 13.2 Å². The number of rotatable bonds is 7. The zero-order valence-corrected chi connectivity index (χ0v) is 17.9. The lowest BCUT2D eigenvalue weighted by atomic mass is 9.96. The maximum Gasteiger partial charge on any atom is 0.187 e. The molecule has 1 fully saturated rings. The number of nitrogens with zero attached hydrogens (tertiary/aromatic N) is 2. The summed E-state index contributed by atoms with van der Waals surface area (Å²) in [6.45, 7) is 3.66. The number of benzene rings is 3. The number of carbonyl (C=O) groups excluding carboxylic acids is 1. The van der Waals surface area contributed by atoms with E-state index in [4.69, 9.17) is 4.74 Å². The highest BCUT2D eigenvalue weighted by Crippen LogP contribution is 2.29. The molecule has 0 aromatic heterocycles. The van der Waals surface area contributed by atoms with Gasteiger partial charge in [0.2, 0.25) is 0 Å². The van der Waals surface area contributed by atoms with Crippen molar-refractivity contribution in [3.63, 3.8) is 0 Å². The Morgan fingerprint density at radius 2 is 1.35 bits per heavy atom. The van der Waals surface area contributed by atoms with Crippen molar-refractivity contribution in [1.82, 2.24) is 9.80 Å². The average molecular weight is 413 g/mol. The molecule has 1 heterocycles. The molecule has 1 aliphatic heterocycles. The number of hydrogen-bond donors (Lipinski definition) is 0. The van der Waals surface area contributed by atoms with E-state index in [1.54, 1.807) is 25.3 Å². The molecule has 158 valence electrons. The Morgan fingerprint density at radius 1 is 0.806 bits per heavy atom. The van der Waals surface area contributed by atoms with E-state index >= 15 is 0 Å². The quantitative estimate of drug-likeness (QED) is 0.412. The molecule has 4 nitrogen and oxygen atoms in total. The van der Waals surface area contributed by atoms with E-state index in [9.17, 15) is 4.79 Å². The van der Waals surface area contributed by atoms with Crippen LogP contribution in [-0.4, -0.2) is 48.9 Å². The zero-order valence-electron chi connectivity index (χ0n) is 17.9. The molecule has 4 rings (SSSR count). The molecule has 3 aromatic rings. The van der Waals surface area contributed by atoms with E-state index in [2.05, 4.69) is 70.5 Å². The summed E-state index contributed by atoms with van der Waals surface area (Å²) in [4.78, 5) is 17.2. The Balaban J connectivity index is 1.40. The Bertz CT molecular complexity index is 953. The molecule has 0 radical (unpaired) electrons. The molecule has 3 aromatic carbocycles. The van der Waals surface area contributed by atoms with E-state index in [0.717, 1.165) is 31.9 Å². The minimum absolute atomic E-state index is 0.0107. The monoisotopic (exact) mass is 412 g/mol. The summed E-state index contributed by atoms with van der Waals surface area (Å²) in [7, 11) is 1.62. The number of allylic oxidation sites excluding steroid dienone is 1. The molecule has 1 saturated heterocycles. The van der Waals surface area contributed by atoms with Gasteiger partial charge in [-0.15, -0.1) is 0 Å². The second kappa shape index (κ2) is 10.1. The highest BCUT2D eigenvalue weighted by Gasteiger charge is 2.25. The van der Waals surface area contributed by atoms with Crippen LogP contribution in [0.5, 0.6) is 5.75 Å². The molecule has 0 saturated carbocycles. The minimum atomic E-state index is 0.0107. The lowest BCUT2D eigenvalue weighted by molar-refractivity contribution is 0.104. The lowest BCUT2D eigenvalue weighted by Crippen LogP contribution is -2.45. The molecule has 0 N–H and O–H groups in total. The van der Waals surface area contributed by atoms with Gasteiger partial charge in [0, 0.05) is 44.0 Å². The van der Waals surface area contributed by atoms with Gasteiger partial charge in [-0.05, 0) is 35.4 Å². The van der Waals surface area contributed by atoms with E-state index in [1.165, 1.54) is 11.1 Å². The van der Waals surface area contributed by atoms with Crippen molar-refractivity contribution in [3.8, 4) is 5.75 Å². The first-order valence-corrected chi connectivity index (χ1v) is 10.7. The Hall–Kier alpha value is -3.37. The van der Waals surface area contributed by atoms with Crippen molar-refractivity contribution in [2.75, 3.05) is 33.3 Å². The van der Waals surface area contributed by atoms with E-state index in [1.807, 2.05) is 18.3 Å². The van der Waals surface area contributed by atoms with Crippen molar-refractivity contribution in [2.45, 2.75) is 6.04 Å². The van der Waals surface area contributed by atoms with Crippen LogP contribution in [0.1, 0.15) is 27.5 Å². The fraction of sp³-hybridized carbons (Fsp3) is 0.222. The minimum Gasteiger partial charge on any atom is -0.497 e. The lowest BCUT2D eigenvalue weighted by Gasteiger charge is -2.39. The summed E-state index contributed by atoms with van der Waals surface area (Å²) in [5.74, 6) is 0.763. The van der Waals surface area contributed by atoms with Crippen molar-refractivity contribution in [2.24, 2.45) is 0 Å². The van der Waals surface area contributed by atoms with Gasteiger partial charge in [-0.25, -0.2) is 0 Å². The van der Waals surface area contributed by atoms with Gasteiger partial charge < -0.3 is 9.64 Å². The molecule has 0 bridgehead atoms. The van der Waals surface area contributed by atoms with E-state index < -0.39 is 0 Å². The predicted octanol–water partition coefficient (Wildman–Crippen LogP) is 4.80. The molecule has 0 spiro atoms. The van der Waals surface area contributed by atoms with Gasteiger partial charge in [0.15, 0.2) is 5.78 Å². The third kappa shape index (κ3) is 5.22. The first-order valence-electron chi connectivity index (χ1n) is 10.7. The number of methoxy groups -OCH3 is 1. The predicted molar refractivity (Wildman–Crippen MR) is 124 cm³/mol. The fourth-order valence-corrected chi connectivity index (χ4v) is 4.05. The third-order valence-corrected chi connectivity index (χ3v) is 5.76. The SMILES string of the molecule is COc1ccc(C(=O)C=CN2CCN(C(c3ccccc3)c3ccccc3)CC2)cc1. The van der Waals surface area contributed by atoms with Crippen LogP contribution in [0.25, 0.3) is 0 Å². The number of carbonyl (C=O) groups is 1. The Kier molecular flexibility index (Phi) is 6.80. The molecule has 1 aliphatic rings. The Morgan fingerprint density at radius 3 is 1.87 bits per heavy atom. The second-order valence-corrected chi connectivity index (χ2v) is 7.70. The van der Waals surface area contributed by atoms with Crippen LogP contribution in [-0.2, 0) is 0 Å². The number of ether oxygens (including phenoxy) is 1. The van der Waals surface area contributed by atoms with Gasteiger partial charge in [-0.1, -0.05) is 60.7 Å². The third-order valence-electron chi connectivity index (χ3n) is 5.76. The summed E-state index contributed by atoms with van der Waals surface area (Å²) >= 11 is 0. The van der Waals surface area contributed by atoms with E-state index in [0.29, 0.717) is 5.56 Å². The summed E-state index contributed by atoms with van der Waals surface area (Å²) in [5, 5.41) is 0. The first-order chi connectivity index (χ1) is 15.2. The van der Waals surface area contributed by atoms with Gasteiger partial charge in [-0.2, -0.15) is 0 Å². The second-order valence-electron chi connectivity index (χ2n) is 7.70. The molecule has 0 atom stereocenters. The summed E-state index contributed by atoms with van der Waals surface area (Å²) in [5.41, 5.74) is 3.30. The van der Waals surface area contributed by atoms with Gasteiger partial charge >= 0.3 is 0 Å². The molecular formula is C27H28N2O2. The maximum absolute atomic E-state index is 12.5. The zero-order chi connectivity index (χ0) is 21.5. The highest BCUT2D eigenvalue weighted by molar-refractivity contribution is 6.04. The van der Waals surface area contributed by atoms with Crippen molar-refractivity contribution < 1.29 is 9.53 Å². The molecule has 31 heavy (non-hydrogen) atoms. The standard InChI is InChI=1S/C27H28N2O2/c1-31-25-14-12-22(13-15-25)26(30)16-17-28-18-20-29(21-19-28)27(23-8-4-2-5-9-23)24-10-6-3-7-11-24/h2-17,27H,18-21H2,1H3. The molecular weight excluding hydrogens is 384 g/mol. The van der Waals surface area contributed by atoms with Crippen LogP contribution in [0, 0.1) is 0 Å². The smallest absolute Gasteiger partial charge is 0.187 e. The van der Waals surface area contributed by atoms with Crippen LogP contribution < -0.4 is 4.74 Å².